The molecule has 0 unspecified atom stereocenters. The first kappa shape index (κ1) is 18.5. The Bertz CT molecular complexity index is 335. The molecule has 0 spiro atoms. The van der Waals surface area contributed by atoms with Crippen molar-refractivity contribution in [2.75, 3.05) is 19.3 Å². The van der Waals surface area contributed by atoms with Gasteiger partial charge in [0.1, 0.15) is 5.60 Å². The van der Waals surface area contributed by atoms with Crippen molar-refractivity contribution in [3.8, 4) is 0 Å². The average molecular weight is 323 g/mol. The summed E-state index contributed by atoms with van der Waals surface area (Å²) in [6, 6.07) is 0. The van der Waals surface area contributed by atoms with Crippen molar-refractivity contribution >= 4 is 17.9 Å². The summed E-state index contributed by atoms with van der Waals surface area (Å²) in [5.74, 6) is -1.56. The molecule has 1 rings (SSSR count). The lowest BCUT2D eigenvalue weighted by Crippen LogP contribution is -2.35. The third-order valence-electron chi connectivity index (χ3n) is 3.36. The van der Waals surface area contributed by atoms with E-state index in [1.807, 2.05) is 20.8 Å². The molecule has 1 amide bonds. The molecule has 0 atom stereocenters. The van der Waals surface area contributed by atoms with Gasteiger partial charge in [0, 0.05) is 31.7 Å². The van der Waals surface area contributed by atoms with Gasteiger partial charge in [-0.15, -0.1) is 0 Å². The second kappa shape index (κ2) is 7.65. The van der Waals surface area contributed by atoms with E-state index in [0.717, 1.165) is 12.2 Å². The maximum Gasteiger partial charge on any atom is 0.410 e. The van der Waals surface area contributed by atoms with E-state index in [9.17, 15) is 13.6 Å². The summed E-state index contributed by atoms with van der Waals surface area (Å²) in [7, 11) is 1.72. The Morgan fingerprint density at radius 2 is 1.90 bits per heavy atom. The SMILES string of the molecule is CN(CCCSC1CCC(F)(F)CC1)C(=O)OC(C)(C)C. The Morgan fingerprint density at radius 1 is 1.33 bits per heavy atom. The predicted molar refractivity (Wildman–Crippen MR) is 83.1 cm³/mol. The summed E-state index contributed by atoms with van der Waals surface area (Å²) < 4.78 is 31.3. The minimum atomic E-state index is -2.45. The van der Waals surface area contributed by atoms with Crippen LogP contribution in [0.4, 0.5) is 13.6 Å². The van der Waals surface area contributed by atoms with Crippen molar-refractivity contribution in [3.05, 3.63) is 0 Å². The second-order valence-electron chi connectivity index (χ2n) is 6.68. The molecule has 6 heteroatoms. The lowest BCUT2D eigenvalue weighted by atomic mass is 9.96. The van der Waals surface area contributed by atoms with Gasteiger partial charge in [-0.25, -0.2) is 13.6 Å². The van der Waals surface area contributed by atoms with Crippen LogP contribution in [-0.4, -0.2) is 47.1 Å². The molecule has 0 aliphatic heterocycles. The van der Waals surface area contributed by atoms with E-state index in [-0.39, 0.29) is 18.9 Å². The Labute approximate surface area is 130 Å². The van der Waals surface area contributed by atoms with Crippen LogP contribution in [0.2, 0.25) is 0 Å². The summed E-state index contributed by atoms with van der Waals surface area (Å²) >= 11 is 1.75. The summed E-state index contributed by atoms with van der Waals surface area (Å²) in [6.45, 7) is 6.15. The number of carbonyl (C=O) groups is 1. The first-order valence-corrected chi connectivity index (χ1v) is 8.57. The van der Waals surface area contributed by atoms with Crippen LogP contribution < -0.4 is 0 Å². The molecular formula is C15H27F2NO2S. The third-order valence-corrected chi connectivity index (χ3v) is 4.83. The summed E-state index contributed by atoms with van der Waals surface area (Å²) in [5.41, 5.74) is -0.479. The van der Waals surface area contributed by atoms with Crippen LogP contribution in [0, 0.1) is 0 Å². The lowest BCUT2D eigenvalue weighted by molar-refractivity contribution is -0.0324. The Balaban J connectivity index is 2.13. The molecule has 0 radical (unpaired) electrons. The van der Waals surface area contributed by atoms with Crippen molar-refractivity contribution in [2.24, 2.45) is 0 Å². The monoisotopic (exact) mass is 323 g/mol. The van der Waals surface area contributed by atoms with Crippen LogP contribution in [0.1, 0.15) is 52.9 Å². The highest BCUT2D eigenvalue weighted by molar-refractivity contribution is 7.99. The standard InChI is InChI=1S/C15H27F2NO2S/c1-14(2,3)20-13(19)18(4)10-5-11-21-12-6-8-15(16,17)9-7-12/h12H,5-11H2,1-4H3. The van der Waals surface area contributed by atoms with Crippen LogP contribution in [0.3, 0.4) is 0 Å². The zero-order chi connectivity index (χ0) is 16.1. The van der Waals surface area contributed by atoms with E-state index in [2.05, 4.69) is 0 Å². The fourth-order valence-electron chi connectivity index (χ4n) is 2.16. The molecule has 0 aromatic carbocycles. The van der Waals surface area contributed by atoms with Gasteiger partial charge in [-0.2, -0.15) is 11.8 Å². The molecule has 1 aliphatic rings. The molecule has 0 aromatic heterocycles. The first-order valence-electron chi connectivity index (χ1n) is 7.53. The Hall–Kier alpha value is -0.520. The summed E-state index contributed by atoms with van der Waals surface area (Å²) in [6.07, 6.45) is 1.77. The number of alkyl halides is 2. The number of ether oxygens (including phenoxy) is 1. The number of nitrogens with zero attached hydrogens (tertiary/aromatic N) is 1. The maximum absolute atomic E-state index is 13.0. The highest BCUT2D eigenvalue weighted by atomic mass is 32.2. The predicted octanol–water partition coefficient (Wildman–Crippen LogP) is 4.55. The van der Waals surface area contributed by atoms with Gasteiger partial charge in [-0.05, 0) is 45.8 Å². The molecule has 1 aliphatic carbocycles. The van der Waals surface area contributed by atoms with Crippen molar-refractivity contribution in [3.63, 3.8) is 0 Å². The molecule has 0 bridgehead atoms. The van der Waals surface area contributed by atoms with Gasteiger partial charge in [-0.3, -0.25) is 0 Å². The first-order chi connectivity index (χ1) is 9.59. The number of amides is 1. The third kappa shape index (κ3) is 7.88. The fourth-order valence-corrected chi connectivity index (χ4v) is 3.36. The van der Waals surface area contributed by atoms with E-state index in [0.29, 0.717) is 24.6 Å². The van der Waals surface area contributed by atoms with E-state index < -0.39 is 11.5 Å². The summed E-state index contributed by atoms with van der Waals surface area (Å²) in [4.78, 5) is 13.3. The highest BCUT2D eigenvalue weighted by Crippen LogP contribution is 2.37. The average Bonchev–Trinajstić information content (AvgIpc) is 2.34. The van der Waals surface area contributed by atoms with Crippen LogP contribution in [-0.2, 0) is 4.74 Å². The topological polar surface area (TPSA) is 29.5 Å². The summed E-state index contributed by atoms with van der Waals surface area (Å²) in [5, 5.41) is 0.344. The van der Waals surface area contributed by atoms with Crippen LogP contribution in [0.5, 0.6) is 0 Å². The van der Waals surface area contributed by atoms with Crippen LogP contribution >= 0.6 is 11.8 Å². The van der Waals surface area contributed by atoms with Gasteiger partial charge in [-0.1, -0.05) is 0 Å². The molecule has 3 nitrogen and oxygen atoms in total. The van der Waals surface area contributed by atoms with Crippen molar-refractivity contribution in [2.45, 2.75) is 69.6 Å². The van der Waals surface area contributed by atoms with Crippen LogP contribution in [0.15, 0.2) is 0 Å². The minimum absolute atomic E-state index is 0.0163. The highest BCUT2D eigenvalue weighted by Gasteiger charge is 2.34. The van der Waals surface area contributed by atoms with Crippen molar-refractivity contribution < 1.29 is 18.3 Å². The number of thioether (sulfide) groups is 1. The van der Waals surface area contributed by atoms with E-state index >= 15 is 0 Å². The van der Waals surface area contributed by atoms with Crippen LogP contribution in [0.25, 0.3) is 0 Å². The molecule has 0 aromatic rings. The minimum Gasteiger partial charge on any atom is -0.444 e. The van der Waals surface area contributed by atoms with Gasteiger partial charge in [0.15, 0.2) is 0 Å². The molecular weight excluding hydrogens is 296 g/mol. The van der Waals surface area contributed by atoms with Gasteiger partial charge < -0.3 is 9.64 Å². The van der Waals surface area contributed by atoms with Gasteiger partial charge in [0.05, 0.1) is 0 Å². The van der Waals surface area contributed by atoms with Gasteiger partial charge in [0.2, 0.25) is 5.92 Å². The second-order valence-corrected chi connectivity index (χ2v) is 8.09. The quantitative estimate of drug-likeness (QED) is 0.695. The largest absolute Gasteiger partial charge is 0.444 e. The smallest absolute Gasteiger partial charge is 0.410 e. The molecule has 1 saturated carbocycles. The lowest BCUT2D eigenvalue weighted by Gasteiger charge is -2.28. The molecule has 1 fully saturated rings. The van der Waals surface area contributed by atoms with E-state index in [1.165, 1.54) is 0 Å². The van der Waals surface area contributed by atoms with Crippen molar-refractivity contribution in [1.82, 2.24) is 4.90 Å². The Kier molecular flexibility index (Phi) is 6.75. The number of rotatable bonds is 5. The fraction of sp³-hybridized carbons (Fsp3) is 0.933. The normalized spacial score (nSPS) is 19.3. The van der Waals surface area contributed by atoms with E-state index in [4.69, 9.17) is 4.74 Å². The Morgan fingerprint density at radius 3 is 2.43 bits per heavy atom. The number of halogens is 2. The van der Waals surface area contributed by atoms with E-state index in [1.54, 1.807) is 23.7 Å². The number of carbonyl (C=O) groups excluding carboxylic acids is 1. The maximum atomic E-state index is 13.0. The van der Waals surface area contributed by atoms with Crippen molar-refractivity contribution in [1.29, 1.82) is 0 Å². The molecule has 21 heavy (non-hydrogen) atoms. The molecule has 0 saturated heterocycles. The van der Waals surface area contributed by atoms with Gasteiger partial charge >= 0.3 is 6.09 Å². The number of hydrogen-bond donors (Lipinski definition) is 0. The molecule has 0 heterocycles. The zero-order valence-corrected chi connectivity index (χ0v) is 14.3. The molecule has 0 N–H and O–H groups in total. The zero-order valence-electron chi connectivity index (χ0n) is 13.5. The molecule has 124 valence electrons. The number of hydrogen-bond acceptors (Lipinski definition) is 3. The van der Waals surface area contributed by atoms with Gasteiger partial charge in [0.25, 0.3) is 0 Å².